The first kappa shape index (κ1) is 11.7. The van der Waals surface area contributed by atoms with E-state index in [-0.39, 0.29) is 23.1 Å². The summed E-state index contributed by atoms with van der Waals surface area (Å²) in [5.41, 5.74) is -0.363. The molecule has 82 valence electrons. The molecular weight excluding hydrogens is 225 g/mol. The van der Waals surface area contributed by atoms with Crippen LogP contribution in [0, 0.1) is 5.82 Å². The number of halogens is 2. The van der Waals surface area contributed by atoms with Crippen molar-refractivity contribution in [1.82, 2.24) is 4.98 Å². The highest BCUT2D eigenvalue weighted by Crippen LogP contribution is 2.25. The zero-order valence-corrected chi connectivity index (χ0v) is 8.97. The summed E-state index contributed by atoms with van der Waals surface area (Å²) in [6.45, 7) is 1.92. The summed E-state index contributed by atoms with van der Waals surface area (Å²) in [6, 6.07) is 0. The van der Waals surface area contributed by atoms with Crippen LogP contribution in [0.15, 0.2) is 6.20 Å². The van der Waals surface area contributed by atoms with E-state index >= 15 is 0 Å². The SMILES string of the molecule is CCOc1ncc(Cl)c(C(=O)OC)c1F. The van der Waals surface area contributed by atoms with Crippen molar-refractivity contribution in [2.24, 2.45) is 0 Å². The summed E-state index contributed by atoms with van der Waals surface area (Å²) in [4.78, 5) is 14.8. The lowest BCUT2D eigenvalue weighted by molar-refractivity contribution is 0.0594. The molecule has 0 aliphatic carbocycles. The van der Waals surface area contributed by atoms with Gasteiger partial charge in [0, 0.05) is 0 Å². The van der Waals surface area contributed by atoms with Crippen LogP contribution >= 0.6 is 11.6 Å². The maximum Gasteiger partial charge on any atom is 0.342 e. The summed E-state index contributed by atoms with van der Waals surface area (Å²) in [6.07, 6.45) is 1.14. The average Bonchev–Trinajstić information content (AvgIpc) is 2.22. The number of rotatable bonds is 3. The number of hydrogen-bond acceptors (Lipinski definition) is 4. The minimum Gasteiger partial charge on any atom is -0.476 e. The molecule has 15 heavy (non-hydrogen) atoms. The predicted octanol–water partition coefficient (Wildman–Crippen LogP) is 2.06. The largest absolute Gasteiger partial charge is 0.476 e. The first-order chi connectivity index (χ1) is 7.11. The molecule has 0 radical (unpaired) electrons. The highest BCUT2D eigenvalue weighted by molar-refractivity contribution is 6.33. The fourth-order valence-electron chi connectivity index (χ4n) is 0.975. The summed E-state index contributed by atoms with van der Waals surface area (Å²) < 4.78 is 22.8. The Morgan fingerprint density at radius 3 is 2.87 bits per heavy atom. The van der Waals surface area contributed by atoms with Crippen LogP contribution in [0.25, 0.3) is 0 Å². The lowest BCUT2D eigenvalue weighted by Crippen LogP contribution is -2.09. The van der Waals surface area contributed by atoms with Gasteiger partial charge in [-0.25, -0.2) is 9.78 Å². The third-order valence-corrected chi connectivity index (χ3v) is 1.90. The second-order valence-corrected chi connectivity index (χ2v) is 2.93. The maximum absolute atomic E-state index is 13.6. The van der Waals surface area contributed by atoms with Gasteiger partial charge in [-0.15, -0.1) is 0 Å². The lowest BCUT2D eigenvalue weighted by Gasteiger charge is -2.07. The minimum absolute atomic E-state index is 0.109. The van der Waals surface area contributed by atoms with Crippen molar-refractivity contribution in [3.8, 4) is 5.88 Å². The Morgan fingerprint density at radius 1 is 1.67 bits per heavy atom. The number of nitrogens with zero attached hydrogens (tertiary/aromatic N) is 1. The van der Waals surface area contributed by atoms with Crippen molar-refractivity contribution < 1.29 is 18.7 Å². The number of carbonyl (C=O) groups excluding carboxylic acids is 1. The van der Waals surface area contributed by atoms with E-state index < -0.39 is 11.8 Å². The van der Waals surface area contributed by atoms with Crippen molar-refractivity contribution in [3.63, 3.8) is 0 Å². The van der Waals surface area contributed by atoms with Crippen LogP contribution in [0.3, 0.4) is 0 Å². The number of aromatic nitrogens is 1. The van der Waals surface area contributed by atoms with Gasteiger partial charge in [-0.3, -0.25) is 0 Å². The fraction of sp³-hybridized carbons (Fsp3) is 0.333. The highest BCUT2D eigenvalue weighted by atomic mass is 35.5. The fourth-order valence-corrected chi connectivity index (χ4v) is 1.18. The highest BCUT2D eigenvalue weighted by Gasteiger charge is 2.21. The Morgan fingerprint density at radius 2 is 2.33 bits per heavy atom. The molecule has 4 nitrogen and oxygen atoms in total. The topological polar surface area (TPSA) is 48.4 Å². The van der Waals surface area contributed by atoms with Gasteiger partial charge in [-0.2, -0.15) is 4.39 Å². The van der Waals surface area contributed by atoms with Crippen molar-refractivity contribution in [2.45, 2.75) is 6.92 Å². The molecule has 1 aromatic heterocycles. The Kier molecular flexibility index (Phi) is 3.85. The third kappa shape index (κ3) is 2.36. The normalized spacial score (nSPS) is 9.87. The summed E-state index contributed by atoms with van der Waals surface area (Å²) in [5, 5.41) is -0.109. The molecule has 0 aliphatic rings. The van der Waals surface area contributed by atoms with Crippen molar-refractivity contribution in [3.05, 3.63) is 22.6 Å². The van der Waals surface area contributed by atoms with Gasteiger partial charge in [0.05, 0.1) is 24.9 Å². The van der Waals surface area contributed by atoms with Gasteiger partial charge in [0.2, 0.25) is 5.82 Å². The number of hydrogen-bond donors (Lipinski definition) is 0. The molecule has 0 atom stereocenters. The van der Waals surface area contributed by atoms with Crippen LogP contribution in [0.2, 0.25) is 5.02 Å². The first-order valence-corrected chi connectivity index (χ1v) is 4.54. The van der Waals surface area contributed by atoms with E-state index in [9.17, 15) is 9.18 Å². The molecule has 0 spiro atoms. The Hall–Kier alpha value is -1.36. The van der Waals surface area contributed by atoms with E-state index in [4.69, 9.17) is 16.3 Å². The maximum atomic E-state index is 13.6. The number of methoxy groups -OCH3 is 1. The molecule has 0 aromatic carbocycles. The van der Waals surface area contributed by atoms with Crippen LogP contribution < -0.4 is 4.74 Å². The predicted molar refractivity (Wildman–Crippen MR) is 51.7 cm³/mol. The van der Waals surface area contributed by atoms with Crippen LogP contribution in [0.5, 0.6) is 5.88 Å². The van der Waals surface area contributed by atoms with E-state index in [0.717, 1.165) is 13.3 Å². The second kappa shape index (κ2) is 4.93. The standard InChI is InChI=1S/C9H9ClFNO3/c1-3-15-8-7(11)6(9(13)14-2)5(10)4-12-8/h4H,3H2,1-2H3. The average molecular weight is 234 g/mol. The van der Waals surface area contributed by atoms with Crippen LogP contribution in [0.1, 0.15) is 17.3 Å². The van der Waals surface area contributed by atoms with E-state index in [0.29, 0.717) is 0 Å². The van der Waals surface area contributed by atoms with Gasteiger partial charge in [0.25, 0.3) is 5.88 Å². The second-order valence-electron chi connectivity index (χ2n) is 2.52. The van der Waals surface area contributed by atoms with E-state index in [1.807, 2.05) is 0 Å². The van der Waals surface area contributed by atoms with Gasteiger partial charge in [-0.1, -0.05) is 11.6 Å². The molecule has 0 unspecified atom stereocenters. The van der Waals surface area contributed by atoms with E-state index in [1.165, 1.54) is 0 Å². The molecule has 0 bridgehead atoms. The number of ether oxygens (including phenoxy) is 2. The molecule has 6 heteroatoms. The van der Waals surface area contributed by atoms with Crippen LogP contribution in [-0.2, 0) is 4.74 Å². The molecule has 1 rings (SSSR count). The molecule has 0 aliphatic heterocycles. The third-order valence-electron chi connectivity index (χ3n) is 1.61. The van der Waals surface area contributed by atoms with Gasteiger partial charge < -0.3 is 9.47 Å². The monoisotopic (exact) mass is 233 g/mol. The van der Waals surface area contributed by atoms with Crippen LogP contribution in [-0.4, -0.2) is 24.7 Å². The molecular formula is C9H9ClFNO3. The summed E-state index contributed by atoms with van der Waals surface area (Å²) >= 11 is 5.62. The number of esters is 1. The Bertz CT molecular complexity index is 384. The molecule has 1 aromatic rings. The van der Waals surface area contributed by atoms with Crippen molar-refractivity contribution >= 4 is 17.6 Å². The number of pyridine rings is 1. The van der Waals surface area contributed by atoms with E-state index in [2.05, 4.69) is 9.72 Å². The van der Waals surface area contributed by atoms with Gasteiger partial charge in [0.1, 0.15) is 5.56 Å². The molecule has 1 heterocycles. The smallest absolute Gasteiger partial charge is 0.342 e. The lowest BCUT2D eigenvalue weighted by atomic mass is 10.2. The van der Waals surface area contributed by atoms with Gasteiger partial charge >= 0.3 is 5.97 Å². The molecule has 0 saturated carbocycles. The zero-order chi connectivity index (χ0) is 11.4. The van der Waals surface area contributed by atoms with Crippen molar-refractivity contribution in [2.75, 3.05) is 13.7 Å². The van der Waals surface area contributed by atoms with Crippen molar-refractivity contribution in [1.29, 1.82) is 0 Å². The quantitative estimate of drug-likeness (QED) is 0.750. The van der Waals surface area contributed by atoms with E-state index in [1.54, 1.807) is 6.92 Å². The summed E-state index contributed by atoms with van der Waals surface area (Å²) in [7, 11) is 1.14. The molecule has 0 N–H and O–H groups in total. The minimum atomic E-state index is -0.906. The number of carbonyl (C=O) groups is 1. The first-order valence-electron chi connectivity index (χ1n) is 4.16. The van der Waals surface area contributed by atoms with Gasteiger partial charge in [-0.05, 0) is 6.92 Å². The molecule has 0 saturated heterocycles. The molecule has 0 fully saturated rings. The summed E-state index contributed by atoms with van der Waals surface area (Å²) in [5.74, 6) is -2.03. The Balaban J connectivity index is 3.23. The molecule has 0 amide bonds. The zero-order valence-electron chi connectivity index (χ0n) is 8.21. The van der Waals surface area contributed by atoms with Gasteiger partial charge in [0.15, 0.2) is 0 Å². The van der Waals surface area contributed by atoms with Crippen LogP contribution in [0.4, 0.5) is 4.39 Å². The Labute approximate surface area is 91.0 Å².